The van der Waals surface area contributed by atoms with Crippen LogP contribution in [0.3, 0.4) is 0 Å². The molecule has 5 nitrogen and oxygen atoms in total. The fourth-order valence-corrected chi connectivity index (χ4v) is 3.30. The number of ketones is 1. The average molecular weight is 427 g/mol. The second-order valence-electron chi connectivity index (χ2n) is 8.73. The maximum atomic E-state index is 12.6. The summed E-state index contributed by atoms with van der Waals surface area (Å²) >= 11 is 0. The summed E-state index contributed by atoms with van der Waals surface area (Å²) in [4.78, 5) is 16.8. The van der Waals surface area contributed by atoms with Crippen molar-refractivity contribution in [3.05, 3.63) is 95.9 Å². The van der Waals surface area contributed by atoms with E-state index in [0.717, 1.165) is 11.3 Å². The molecule has 32 heavy (non-hydrogen) atoms. The van der Waals surface area contributed by atoms with Gasteiger partial charge in [0.15, 0.2) is 5.78 Å². The molecule has 0 atom stereocenters. The third kappa shape index (κ3) is 5.30. The SMILES string of the molecule is CC(C)(C)c1ccc(-c2cc(CCC(=O)c3ccc(Oc4ccccc4)nc3)on2)cc1. The van der Waals surface area contributed by atoms with Crippen LogP contribution in [0.5, 0.6) is 11.6 Å². The second-order valence-corrected chi connectivity index (χ2v) is 8.73. The Labute approximate surface area is 188 Å². The molecule has 0 saturated heterocycles. The van der Waals surface area contributed by atoms with E-state index in [-0.39, 0.29) is 11.2 Å². The van der Waals surface area contributed by atoms with Crippen LogP contribution in [0.15, 0.2) is 83.5 Å². The summed E-state index contributed by atoms with van der Waals surface area (Å²) < 4.78 is 11.1. The number of rotatable bonds is 7. The molecular weight excluding hydrogens is 400 g/mol. The number of benzene rings is 2. The average Bonchev–Trinajstić information content (AvgIpc) is 3.27. The minimum atomic E-state index is -0.00348. The summed E-state index contributed by atoms with van der Waals surface area (Å²) in [6.45, 7) is 6.56. The number of aromatic nitrogens is 2. The number of pyridine rings is 1. The van der Waals surface area contributed by atoms with Crippen LogP contribution in [-0.4, -0.2) is 15.9 Å². The van der Waals surface area contributed by atoms with Gasteiger partial charge in [-0.3, -0.25) is 4.79 Å². The Bertz CT molecular complexity index is 1170. The van der Waals surface area contributed by atoms with Crippen LogP contribution in [0.2, 0.25) is 0 Å². The largest absolute Gasteiger partial charge is 0.439 e. The van der Waals surface area contributed by atoms with Crippen LogP contribution in [0.4, 0.5) is 0 Å². The zero-order chi connectivity index (χ0) is 22.6. The molecule has 2 aromatic carbocycles. The molecule has 4 aromatic rings. The molecule has 0 radical (unpaired) electrons. The maximum absolute atomic E-state index is 12.6. The van der Waals surface area contributed by atoms with Crippen molar-refractivity contribution in [3.63, 3.8) is 0 Å². The highest BCUT2D eigenvalue weighted by atomic mass is 16.5. The monoisotopic (exact) mass is 426 g/mol. The number of hydrogen-bond donors (Lipinski definition) is 0. The topological polar surface area (TPSA) is 65.2 Å². The molecular formula is C27H26N2O3. The molecule has 0 aliphatic rings. The highest BCUT2D eigenvalue weighted by Gasteiger charge is 2.15. The van der Waals surface area contributed by atoms with Crippen molar-refractivity contribution in [2.45, 2.75) is 39.0 Å². The minimum Gasteiger partial charge on any atom is -0.439 e. The van der Waals surface area contributed by atoms with Gasteiger partial charge in [0.25, 0.3) is 0 Å². The molecule has 2 aromatic heterocycles. The third-order valence-electron chi connectivity index (χ3n) is 5.23. The van der Waals surface area contributed by atoms with Crippen LogP contribution in [0.25, 0.3) is 11.3 Å². The van der Waals surface area contributed by atoms with E-state index in [1.807, 2.05) is 36.4 Å². The molecule has 5 heteroatoms. The lowest BCUT2D eigenvalue weighted by Gasteiger charge is -2.18. The van der Waals surface area contributed by atoms with Crippen LogP contribution in [-0.2, 0) is 11.8 Å². The summed E-state index contributed by atoms with van der Waals surface area (Å²) in [5, 5.41) is 4.17. The van der Waals surface area contributed by atoms with Gasteiger partial charge < -0.3 is 9.26 Å². The van der Waals surface area contributed by atoms with Crippen LogP contribution >= 0.6 is 0 Å². The van der Waals surface area contributed by atoms with E-state index in [9.17, 15) is 4.79 Å². The second kappa shape index (κ2) is 9.18. The van der Waals surface area contributed by atoms with E-state index in [0.29, 0.717) is 35.8 Å². The van der Waals surface area contributed by atoms with Crippen molar-refractivity contribution in [1.82, 2.24) is 10.1 Å². The first kappa shape index (κ1) is 21.5. The Morgan fingerprint density at radius 3 is 2.38 bits per heavy atom. The van der Waals surface area contributed by atoms with Crippen LogP contribution in [0.1, 0.15) is 48.9 Å². The number of carbonyl (C=O) groups excluding carboxylic acids is 1. The molecule has 0 saturated carbocycles. The molecule has 0 bridgehead atoms. The minimum absolute atomic E-state index is 0.00348. The van der Waals surface area contributed by atoms with Gasteiger partial charge in [-0.2, -0.15) is 0 Å². The van der Waals surface area contributed by atoms with E-state index in [2.05, 4.69) is 55.2 Å². The van der Waals surface area contributed by atoms with E-state index in [1.165, 1.54) is 5.56 Å². The molecule has 0 unspecified atom stereocenters. The Balaban J connectivity index is 1.34. The molecule has 0 fully saturated rings. The number of carbonyl (C=O) groups is 1. The molecule has 0 spiro atoms. The smallest absolute Gasteiger partial charge is 0.219 e. The number of nitrogens with zero attached hydrogens (tertiary/aromatic N) is 2. The highest BCUT2D eigenvalue weighted by Crippen LogP contribution is 2.26. The van der Waals surface area contributed by atoms with Gasteiger partial charge in [-0.05, 0) is 29.2 Å². The van der Waals surface area contributed by atoms with Gasteiger partial charge in [0.2, 0.25) is 5.88 Å². The first-order valence-electron chi connectivity index (χ1n) is 10.7. The zero-order valence-corrected chi connectivity index (χ0v) is 18.5. The van der Waals surface area contributed by atoms with Crippen molar-refractivity contribution < 1.29 is 14.1 Å². The fraction of sp³-hybridized carbons (Fsp3) is 0.222. The van der Waals surface area contributed by atoms with Crippen LogP contribution < -0.4 is 4.74 Å². The number of para-hydroxylation sites is 1. The van der Waals surface area contributed by atoms with Gasteiger partial charge >= 0.3 is 0 Å². The Kier molecular flexibility index (Phi) is 6.17. The van der Waals surface area contributed by atoms with E-state index in [1.54, 1.807) is 18.3 Å². The number of hydrogen-bond acceptors (Lipinski definition) is 5. The number of aryl methyl sites for hydroxylation is 1. The molecule has 162 valence electrons. The fourth-order valence-electron chi connectivity index (χ4n) is 3.30. The first-order valence-corrected chi connectivity index (χ1v) is 10.7. The van der Waals surface area contributed by atoms with Gasteiger partial charge in [0.05, 0.1) is 0 Å². The summed E-state index contributed by atoms with van der Waals surface area (Å²) in [5.41, 5.74) is 3.69. The van der Waals surface area contributed by atoms with Gasteiger partial charge in [-0.25, -0.2) is 4.98 Å². The molecule has 4 rings (SSSR count). The summed E-state index contributed by atoms with van der Waals surface area (Å²) in [5.74, 6) is 1.83. The van der Waals surface area contributed by atoms with Crippen molar-refractivity contribution in [2.24, 2.45) is 0 Å². The Morgan fingerprint density at radius 2 is 1.72 bits per heavy atom. The molecule has 0 aliphatic carbocycles. The summed E-state index contributed by atoms with van der Waals surface area (Å²) in [6, 6.07) is 23.1. The van der Waals surface area contributed by atoms with E-state index in [4.69, 9.17) is 9.26 Å². The standard InChI is InChI=1S/C27H26N2O3/c1-27(2,3)21-12-9-19(10-13-21)24-17-23(32-29-24)14-15-25(30)20-11-16-26(28-18-20)31-22-7-5-4-6-8-22/h4-13,16-18H,14-15H2,1-3H3. The molecule has 0 aliphatic heterocycles. The molecule has 2 heterocycles. The summed E-state index contributed by atoms with van der Waals surface area (Å²) in [7, 11) is 0. The number of Topliss-reactive ketones (excluding diaryl/α,β-unsaturated/α-hetero) is 1. The van der Waals surface area contributed by atoms with Crippen molar-refractivity contribution in [2.75, 3.05) is 0 Å². The predicted octanol–water partition coefficient (Wildman–Crippen LogP) is 6.64. The zero-order valence-electron chi connectivity index (χ0n) is 18.5. The Morgan fingerprint density at radius 1 is 0.969 bits per heavy atom. The van der Waals surface area contributed by atoms with Crippen LogP contribution in [0, 0.1) is 0 Å². The highest BCUT2D eigenvalue weighted by molar-refractivity contribution is 5.95. The van der Waals surface area contributed by atoms with Gasteiger partial charge in [-0.1, -0.05) is 68.4 Å². The maximum Gasteiger partial charge on any atom is 0.219 e. The van der Waals surface area contributed by atoms with Crippen molar-refractivity contribution >= 4 is 5.78 Å². The first-order chi connectivity index (χ1) is 15.4. The van der Waals surface area contributed by atoms with E-state index < -0.39 is 0 Å². The lowest BCUT2D eigenvalue weighted by Crippen LogP contribution is -2.10. The summed E-state index contributed by atoms with van der Waals surface area (Å²) in [6.07, 6.45) is 2.34. The predicted molar refractivity (Wildman–Crippen MR) is 124 cm³/mol. The number of ether oxygens (including phenoxy) is 1. The normalized spacial score (nSPS) is 11.3. The van der Waals surface area contributed by atoms with Gasteiger partial charge in [0.1, 0.15) is 17.2 Å². The Hall–Kier alpha value is -3.73. The van der Waals surface area contributed by atoms with Gasteiger partial charge in [-0.15, -0.1) is 0 Å². The lowest BCUT2D eigenvalue weighted by molar-refractivity contribution is 0.0980. The molecule has 0 N–H and O–H groups in total. The third-order valence-corrected chi connectivity index (χ3v) is 5.23. The van der Waals surface area contributed by atoms with Crippen molar-refractivity contribution in [3.8, 4) is 22.9 Å². The quantitative estimate of drug-likeness (QED) is 0.310. The molecule has 0 amide bonds. The van der Waals surface area contributed by atoms with Crippen molar-refractivity contribution in [1.29, 1.82) is 0 Å². The lowest BCUT2D eigenvalue weighted by atomic mass is 9.86. The van der Waals surface area contributed by atoms with Gasteiger partial charge in [0, 0.05) is 42.3 Å². The van der Waals surface area contributed by atoms with E-state index >= 15 is 0 Å².